The highest BCUT2D eigenvalue weighted by Crippen LogP contribution is 2.19. The predicted octanol–water partition coefficient (Wildman–Crippen LogP) is 1.85. The minimum Gasteiger partial charge on any atom is -0.369 e. The summed E-state index contributed by atoms with van der Waals surface area (Å²) in [5.74, 6) is 1.34. The van der Waals surface area contributed by atoms with E-state index in [1.165, 1.54) is 0 Å². The standard InChI is InChI=1S/C16H21ClN6/c1-22-7-9-23(10-8-22)6-5-19-15-11-14(17)20-16(21-15)13-3-2-4-18-12-13/h2-4,11-12H,5-10H2,1H3,(H,19,20,21). The highest BCUT2D eigenvalue weighted by Gasteiger charge is 2.13. The predicted molar refractivity (Wildman–Crippen MR) is 92.7 cm³/mol. The lowest BCUT2D eigenvalue weighted by atomic mass is 10.2. The Labute approximate surface area is 141 Å². The first kappa shape index (κ1) is 16.1. The Balaban J connectivity index is 1.59. The van der Waals surface area contributed by atoms with Crippen LogP contribution in [0.2, 0.25) is 5.15 Å². The smallest absolute Gasteiger partial charge is 0.164 e. The Morgan fingerprint density at radius 3 is 2.78 bits per heavy atom. The topological polar surface area (TPSA) is 57.2 Å². The lowest BCUT2D eigenvalue weighted by Crippen LogP contribution is -2.45. The van der Waals surface area contributed by atoms with Gasteiger partial charge in [-0.1, -0.05) is 11.6 Å². The molecule has 0 aromatic carbocycles. The summed E-state index contributed by atoms with van der Waals surface area (Å²) >= 11 is 6.12. The first-order valence-corrected chi connectivity index (χ1v) is 8.18. The molecule has 0 unspecified atom stereocenters. The molecule has 2 aromatic rings. The van der Waals surface area contributed by atoms with Gasteiger partial charge in [0.25, 0.3) is 0 Å². The fourth-order valence-corrected chi connectivity index (χ4v) is 2.73. The van der Waals surface area contributed by atoms with Crippen molar-refractivity contribution < 1.29 is 0 Å². The van der Waals surface area contributed by atoms with Crippen molar-refractivity contribution in [2.24, 2.45) is 0 Å². The first-order chi connectivity index (χ1) is 11.2. The van der Waals surface area contributed by atoms with Crippen LogP contribution in [0.15, 0.2) is 30.6 Å². The van der Waals surface area contributed by atoms with Gasteiger partial charge in [0.1, 0.15) is 11.0 Å². The normalized spacial score (nSPS) is 16.4. The first-order valence-electron chi connectivity index (χ1n) is 7.80. The number of nitrogens with zero attached hydrogens (tertiary/aromatic N) is 5. The maximum atomic E-state index is 6.12. The van der Waals surface area contributed by atoms with E-state index in [1.807, 2.05) is 12.1 Å². The van der Waals surface area contributed by atoms with Crippen LogP contribution in [-0.4, -0.2) is 71.1 Å². The zero-order chi connectivity index (χ0) is 16.1. The van der Waals surface area contributed by atoms with E-state index in [0.717, 1.165) is 50.6 Å². The van der Waals surface area contributed by atoms with Gasteiger partial charge < -0.3 is 10.2 Å². The van der Waals surface area contributed by atoms with E-state index in [4.69, 9.17) is 11.6 Å². The van der Waals surface area contributed by atoms with Crippen LogP contribution in [0.4, 0.5) is 5.82 Å². The lowest BCUT2D eigenvalue weighted by molar-refractivity contribution is 0.158. The van der Waals surface area contributed by atoms with Gasteiger partial charge in [-0.05, 0) is 19.2 Å². The highest BCUT2D eigenvalue weighted by molar-refractivity contribution is 6.29. The van der Waals surface area contributed by atoms with Gasteiger partial charge in [-0.2, -0.15) is 0 Å². The van der Waals surface area contributed by atoms with E-state index in [2.05, 4.69) is 37.1 Å². The van der Waals surface area contributed by atoms with Gasteiger partial charge in [0.05, 0.1) is 0 Å². The second kappa shape index (κ2) is 7.68. The molecular weight excluding hydrogens is 312 g/mol. The van der Waals surface area contributed by atoms with Gasteiger partial charge in [-0.15, -0.1) is 0 Å². The summed E-state index contributed by atoms with van der Waals surface area (Å²) in [4.78, 5) is 17.7. The van der Waals surface area contributed by atoms with Crippen molar-refractivity contribution in [3.05, 3.63) is 35.7 Å². The second-order valence-electron chi connectivity index (χ2n) is 5.71. The Morgan fingerprint density at radius 2 is 2.04 bits per heavy atom. The summed E-state index contributed by atoms with van der Waals surface area (Å²) in [6.45, 7) is 6.32. The van der Waals surface area contributed by atoms with Crippen LogP contribution in [0.3, 0.4) is 0 Å². The van der Waals surface area contributed by atoms with Gasteiger partial charge in [-0.3, -0.25) is 9.88 Å². The molecule has 1 saturated heterocycles. The number of hydrogen-bond donors (Lipinski definition) is 1. The zero-order valence-corrected chi connectivity index (χ0v) is 14.0. The number of rotatable bonds is 5. The molecule has 0 atom stereocenters. The number of piperazine rings is 1. The Kier molecular flexibility index (Phi) is 5.38. The zero-order valence-electron chi connectivity index (χ0n) is 13.2. The van der Waals surface area contributed by atoms with Crippen molar-refractivity contribution >= 4 is 17.4 Å². The molecule has 0 radical (unpaired) electrons. The van der Waals surface area contributed by atoms with E-state index < -0.39 is 0 Å². The summed E-state index contributed by atoms with van der Waals surface area (Å²) in [6.07, 6.45) is 3.46. The Morgan fingerprint density at radius 1 is 1.22 bits per heavy atom. The van der Waals surface area contributed by atoms with Crippen LogP contribution in [0.25, 0.3) is 11.4 Å². The average Bonchev–Trinajstić information content (AvgIpc) is 2.57. The minimum atomic E-state index is 0.431. The van der Waals surface area contributed by atoms with Gasteiger partial charge in [0.15, 0.2) is 5.82 Å². The SMILES string of the molecule is CN1CCN(CCNc2cc(Cl)nc(-c3cccnc3)n2)CC1. The average molecular weight is 333 g/mol. The van der Waals surface area contributed by atoms with E-state index in [-0.39, 0.29) is 0 Å². The molecule has 6 nitrogen and oxygen atoms in total. The molecule has 1 N–H and O–H groups in total. The molecule has 0 bridgehead atoms. The van der Waals surface area contributed by atoms with E-state index >= 15 is 0 Å². The van der Waals surface area contributed by atoms with E-state index in [9.17, 15) is 0 Å². The molecule has 122 valence electrons. The number of nitrogens with one attached hydrogen (secondary N) is 1. The molecule has 3 rings (SSSR count). The van der Waals surface area contributed by atoms with Crippen LogP contribution in [-0.2, 0) is 0 Å². The molecule has 0 saturated carbocycles. The molecule has 1 aliphatic rings. The molecule has 1 aliphatic heterocycles. The quantitative estimate of drug-likeness (QED) is 0.843. The third-order valence-electron chi connectivity index (χ3n) is 3.94. The van der Waals surface area contributed by atoms with Crippen LogP contribution in [0.1, 0.15) is 0 Å². The number of anilines is 1. The molecule has 7 heteroatoms. The molecule has 0 spiro atoms. The molecule has 0 aliphatic carbocycles. The van der Waals surface area contributed by atoms with Gasteiger partial charge >= 0.3 is 0 Å². The van der Waals surface area contributed by atoms with Crippen molar-refractivity contribution in [3.8, 4) is 11.4 Å². The number of pyridine rings is 1. The van der Waals surface area contributed by atoms with Gasteiger partial charge in [0.2, 0.25) is 0 Å². The van der Waals surface area contributed by atoms with Crippen molar-refractivity contribution in [2.45, 2.75) is 0 Å². The van der Waals surface area contributed by atoms with Crippen LogP contribution < -0.4 is 5.32 Å². The van der Waals surface area contributed by atoms with E-state index in [0.29, 0.717) is 11.0 Å². The van der Waals surface area contributed by atoms with Crippen LogP contribution >= 0.6 is 11.6 Å². The number of halogens is 1. The van der Waals surface area contributed by atoms with E-state index in [1.54, 1.807) is 18.5 Å². The summed E-state index contributed by atoms with van der Waals surface area (Å²) in [7, 11) is 2.17. The molecule has 0 amide bonds. The fourth-order valence-electron chi connectivity index (χ4n) is 2.55. The monoisotopic (exact) mass is 332 g/mol. The van der Waals surface area contributed by atoms with Crippen molar-refractivity contribution in [3.63, 3.8) is 0 Å². The maximum Gasteiger partial charge on any atom is 0.164 e. The third-order valence-corrected chi connectivity index (χ3v) is 4.14. The second-order valence-corrected chi connectivity index (χ2v) is 6.10. The van der Waals surface area contributed by atoms with Crippen molar-refractivity contribution in [1.29, 1.82) is 0 Å². The maximum absolute atomic E-state index is 6.12. The summed E-state index contributed by atoms with van der Waals surface area (Å²) < 4.78 is 0. The number of aromatic nitrogens is 3. The Hall–Kier alpha value is -1.76. The largest absolute Gasteiger partial charge is 0.369 e. The number of hydrogen-bond acceptors (Lipinski definition) is 6. The minimum absolute atomic E-state index is 0.431. The Bertz CT molecular complexity index is 628. The summed E-state index contributed by atoms with van der Waals surface area (Å²) in [6, 6.07) is 5.54. The molecule has 1 fully saturated rings. The molecule has 3 heterocycles. The van der Waals surface area contributed by atoms with Crippen molar-refractivity contribution in [1.82, 2.24) is 24.8 Å². The van der Waals surface area contributed by atoms with Crippen LogP contribution in [0, 0.1) is 0 Å². The third kappa shape index (κ3) is 4.60. The number of likely N-dealkylation sites (N-methyl/N-ethyl adjacent to an activating group) is 1. The van der Waals surface area contributed by atoms with Crippen molar-refractivity contribution in [2.75, 3.05) is 51.6 Å². The lowest BCUT2D eigenvalue weighted by Gasteiger charge is -2.32. The molecule has 23 heavy (non-hydrogen) atoms. The highest BCUT2D eigenvalue weighted by atomic mass is 35.5. The fraction of sp³-hybridized carbons (Fsp3) is 0.438. The summed E-state index contributed by atoms with van der Waals surface area (Å²) in [5.41, 5.74) is 0.858. The molecule has 2 aromatic heterocycles. The molecular formula is C16H21ClN6. The van der Waals surface area contributed by atoms with Crippen LogP contribution in [0.5, 0.6) is 0 Å². The summed E-state index contributed by atoms with van der Waals surface area (Å²) in [5, 5.41) is 3.77. The van der Waals surface area contributed by atoms with Gasteiger partial charge in [-0.25, -0.2) is 9.97 Å². The van der Waals surface area contributed by atoms with Gasteiger partial charge in [0, 0.05) is 63.3 Å².